The highest BCUT2D eigenvalue weighted by atomic mass is 16.6. The number of hydrogen-bond donors (Lipinski definition) is 1. The van der Waals surface area contributed by atoms with E-state index in [-0.39, 0.29) is 11.6 Å². The highest BCUT2D eigenvalue weighted by Crippen LogP contribution is 2.26. The largest absolute Gasteiger partial charge is 0.371 e. The average molecular weight is 353 g/mol. The summed E-state index contributed by atoms with van der Waals surface area (Å²) in [5.41, 5.74) is 4.30. The summed E-state index contributed by atoms with van der Waals surface area (Å²) in [6, 6.07) is 8.00. The van der Waals surface area contributed by atoms with E-state index in [2.05, 4.69) is 20.4 Å². The summed E-state index contributed by atoms with van der Waals surface area (Å²) in [5, 5.41) is 15.1. The first kappa shape index (κ1) is 17.5. The highest BCUT2D eigenvalue weighted by Gasteiger charge is 2.17. The molecule has 3 rings (SSSR count). The van der Waals surface area contributed by atoms with E-state index in [0.717, 1.165) is 31.6 Å². The standard InChI is InChI=1S/C18H19N5O3/c24-18(14-5-4-8-19-12-14)21-20-13-15-11-16(23(25)26)6-7-17(15)22-9-2-1-3-10-22/h4-8,11-13H,1-3,9-10H2,(H,21,24)/b20-13-. The van der Waals surface area contributed by atoms with Gasteiger partial charge in [0.25, 0.3) is 11.6 Å². The predicted molar refractivity (Wildman–Crippen MR) is 98.5 cm³/mol. The maximum atomic E-state index is 12.0. The molecule has 0 spiro atoms. The van der Waals surface area contributed by atoms with E-state index in [0.29, 0.717) is 11.1 Å². The number of nitrogens with zero attached hydrogens (tertiary/aromatic N) is 4. The molecule has 134 valence electrons. The second kappa shape index (κ2) is 8.19. The quantitative estimate of drug-likeness (QED) is 0.506. The molecule has 1 amide bonds. The third-order valence-corrected chi connectivity index (χ3v) is 4.21. The molecule has 2 heterocycles. The fourth-order valence-corrected chi connectivity index (χ4v) is 2.90. The van der Waals surface area contributed by atoms with Gasteiger partial charge >= 0.3 is 0 Å². The van der Waals surface area contributed by atoms with Crippen molar-refractivity contribution in [2.75, 3.05) is 18.0 Å². The van der Waals surface area contributed by atoms with E-state index >= 15 is 0 Å². The lowest BCUT2D eigenvalue weighted by molar-refractivity contribution is -0.384. The van der Waals surface area contributed by atoms with Gasteiger partial charge in [0.15, 0.2) is 0 Å². The summed E-state index contributed by atoms with van der Waals surface area (Å²) in [4.78, 5) is 28.7. The van der Waals surface area contributed by atoms with Crippen LogP contribution >= 0.6 is 0 Å². The Labute approximate surface area is 150 Å². The number of non-ortho nitro benzene ring substituents is 1. The van der Waals surface area contributed by atoms with Crippen LogP contribution < -0.4 is 10.3 Å². The number of benzene rings is 1. The van der Waals surface area contributed by atoms with Crippen molar-refractivity contribution in [3.63, 3.8) is 0 Å². The Balaban J connectivity index is 1.80. The Kier molecular flexibility index (Phi) is 5.52. The van der Waals surface area contributed by atoms with E-state index in [9.17, 15) is 14.9 Å². The van der Waals surface area contributed by atoms with Gasteiger partial charge in [-0.1, -0.05) is 0 Å². The summed E-state index contributed by atoms with van der Waals surface area (Å²) in [7, 11) is 0. The van der Waals surface area contributed by atoms with Gasteiger partial charge in [0.05, 0.1) is 16.7 Å². The molecule has 0 atom stereocenters. The maximum absolute atomic E-state index is 12.0. The molecule has 8 nitrogen and oxygen atoms in total. The van der Waals surface area contributed by atoms with E-state index < -0.39 is 4.92 Å². The molecule has 0 bridgehead atoms. The number of carbonyl (C=O) groups excluding carboxylic acids is 1. The smallest absolute Gasteiger partial charge is 0.272 e. The lowest BCUT2D eigenvalue weighted by Gasteiger charge is -2.29. The summed E-state index contributed by atoms with van der Waals surface area (Å²) >= 11 is 0. The lowest BCUT2D eigenvalue weighted by atomic mass is 10.1. The Morgan fingerprint density at radius 3 is 2.77 bits per heavy atom. The second-order valence-corrected chi connectivity index (χ2v) is 5.99. The number of amides is 1. The van der Waals surface area contributed by atoms with Gasteiger partial charge in [-0.2, -0.15) is 5.10 Å². The molecule has 0 radical (unpaired) electrons. The van der Waals surface area contributed by atoms with Crippen molar-refractivity contribution in [3.8, 4) is 0 Å². The number of anilines is 1. The number of nitrogens with one attached hydrogen (secondary N) is 1. The van der Waals surface area contributed by atoms with Crippen LogP contribution in [0.1, 0.15) is 35.2 Å². The molecule has 0 saturated carbocycles. The van der Waals surface area contributed by atoms with Gasteiger partial charge in [0.2, 0.25) is 0 Å². The van der Waals surface area contributed by atoms with E-state index in [4.69, 9.17) is 0 Å². The first-order chi connectivity index (χ1) is 12.6. The fraction of sp³-hybridized carbons (Fsp3) is 0.278. The van der Waals surface area contributed by atoms with Crippen LogP contribution in [0.15, 0.2) is 47.8 Å². The lowest BCUT2D eigenvalue weighted by Crippen LogP contribution is -2.30. The second-order valence-electron chi connectivity index (χ2n) is 5.99. The third-order valence-electron chi connectivity index (χ3n) is 4.21. The van der Waals surface area contributed by atoms with Gasteiger partial charge < -0.3 is 4.90 Å². The summed E-state index contributed by atoms with van der Waals surface area (Å²) < 4.78 is 0. The number of piperidine rings is 1. The number of aromatic nitrogens is 1. The van der Waals surface area contributed by atoms with Crippen molar-refractivity contribution in [3.05, 3.63) is 64.0 Å². The normalized spacial score (nSPS) is 14.4. The first-order valence-corrected chi connectivity index (χ1v) is 8.42. The van der Waals surface area contributed by atoms with Crippen molar-refractivity contribution in [1.29, 1.82) is 0 Å². The van der Waals surface area contributed by atoms with Crippen molar-refractivity contribution in [2.24, 2.45) is 5.10 Å². The topological polar surface area (TPSA) is 101 Å². The van der Waals surface area contributed by atoms with Crippen molar-refractivity contribution in [1.82, 2.24) is 10.4 Å². The number of hydrazone groups is 1. The molecule has 1 fully saturated rings. The van der Waals surface area contributed by atoms with Gasteiger partial charge in [-0.25, -0.2) is 5.43 Å². The number of pyridine rings is 1. The van der Waals surface area contributed by atoms with E-state index in [1.54, 1.807) is 24.4 Å². The number of carbonyl (C=O) groups is 1. The van der Waals surface area contributed by atoms with Crippen LogP contribution in [0.4, 0.5) is 11.4 Å². The summed E-state index contributed by atoms with van der Waals surface area (Å²) in [6.07, 6.45) is 7.83. The van der Waals surface area contributed by atoms with Gasteiger partial charge in [0.1, 0.15) is 0 Å². The Morgan fingerprint density at radius 2 is 2.08 bits per heavy atom. The number of hydrogen-bond acceptors (Lipinski definition) is 6. The minimum Gasteiger partial charge on any atom is -0.371 e. The van der Waals surface area contributed by atoms with Gasteiger partial charge in [-0.05, 0) is 37.5 Å². The highest BCUT2D eigenvalue weighted by molar-refractivity contribution is 5.95. The Morgan fingerprint density at radius 1 is 1.27 bits per heavy atom. The molecule has 1 aromatic heterocycles. The Hall–Kier alpha value is -3.29. The zero-order valence-corrected chi connectivity index (χ0v) is 14.2. The minimum absolute atomic E-state index is 0.00852. The molecule has 26 heavy (non-hydrogen) atoms. The molecule has 8 heteroatoms. The van der Waals surface area contributed by atoms with Crippen LogP contribution in [-0.4, -0.2) is 35.1 Å². The monoisotopic (exact) mass is 353 g/mol. The van der Waals surface area contributed by atoms with Crippen LogP contribution in [0.2, 0.25) is 0 Å². The van der Waals surface area contributed by atoms with Crippen molar-refractivity contribution >= 4 is 23.5 Å². The van der Waals surface area contributed by atoms with Crippen LogP contribution in [0.5, 0.6) is 0 Å². The van der Waals surface area contributed by atoms with Crippen molar-refractivity contribution < 1.29 is 9.72 Å². The maximum Gasteiger partial charge on any atom is 0.272 e. The minimum atomic E-state index is -0.439. The molecule has 1 aromatic carbocycles. The van der Waals surface area contributed by atoms with Crippen molar-refractivity contribution in [2.45, 2.75) is 19.3 Å². The zero-order chi connectivity index (χ0) is 18.4. The number of nitro groups is 1. The van der Waals surface area contributed by atoms with E-state index in [1.807, 2.05) is 0 Å². The number of nitro benzene ring substituents is 1. The summed E-state index contributed by atoms with van der Waals surface area (Å²) in [6.45, 7) is 1.81. The molecule has 1 aliphatic heterocycles. The van der Waals surface area contributed by atoms with Crippen LogP contribution in [0.25, 0.3) is 0 Å². The van der Waals surface area contributed by atoms with Gasteiger partial charge in [0, 0.05) is 48.9 Å². The zero-order valence-electron chi connectivity index (χ0n) is 14.2. The molecular weight excluding hydrogens is 334 g/mol. The molecule has 0 aliphatic carbocycles. The average Bonchev–Trinajstić information content (AvgIpc) is 2.69. The fourth-order valence-electron chi connectivity index (χ4n) is 2.90. The van der Waals surface area contributed by atoms with Gasteiger partial charge in [-0.3, -0.25) is 19.9 Å². The Bertz CT molecular complexity index is 817. The van der Waals surface area contributed by atoms with Crippen LogP contribution in [0, 0.1) is 10.1 Å². The SMILES string of the molecule is O=C(N/N=C\c1cc([N+](=O)[O-])ccc1N1CCCCC1)c1cccnc1. The summed E-state index contributed by atoms with van der Waals surface area (Å²) in [5.74, 6) is -0.390. The van der Waals surface area contributed by atoms with Crippen LogP contribution in [0.3, 0.4) is 0 Å². The molecular formula is C18H19N5O3. The molecule has 1 aliphatic rings. The first-order valence-electron chi connectivity index (χ1n) is 8.42. The molecule has 1 saturated heterocycles. The molecule has 1 N–H and O–H groups in total. The molecule has 2 aromatic rings. The van der Waals surface area contributed by atoms with Crippen LogP contribution in [-0.2, 0) is 0 Å². The predicted octanol–water partition coefficient (Wildman–Crippen LogP) is 2.74. The third kappa shape index (κ3) is 4.21. The van der Waals surface area contributed by atoms with Gasteiger partial charge in [-0.15, -0.1) is 0 Å². The molecule has 0 unspecified atom stereocenters. The van der Waals surface area contributed by atoms with E-state index in [1.165, 1.54) is 31.0 Å². The number of rotatable bonds is 5.